The number of carboxylic acid groups (broad SMARTS) is 2. The number of aliphatic hydroxyl groups excluding tert-OH is 7. The smallest absolute Gasteiger partial charge is 0.335 e. The van der Waals surface area contributed by atoms with Gasteiger partial charge in [0.25, 0.3) is 0 Å². The lowest BCUT2D eigenvalue weighted by Gasteiger charge is -2.71. The van der Waals surface area contributed by atoms with E-state index in [-0.39, 0.29) is 34.0 Å². The highest BCUT2D eigenvalue weighted by atomic mass is 16.8. The first-order chi connectivity index (χ1) is 26.4. The first kappa shape index (κ1) is 43.3. The summed E-state index contributed by atoms with van der Waals surface area (Å²) in [6.07, 6.45) is -10.5. The number of carboxylic acids is 2. The van der Waals surface area contributed by atoms with E-state index in [0.29, 0.717) is 25.7 Å². The lowest BCUT2D eigenvalue weighted by molar-refractivity contribution is -0.374. The largest absolute Gasteiger partial charge is 0.481 e. The van der Waals surface area contributed by atoms with Crippen molar-refractivity contribution in [3.05, 3.63) is 11.6 Å². The molecule has 15 heteroatoms. The molecule has 7 rings (SSSR count). The second-order valence-electron chi connectivity index (χ2n) is 20.8. The van der Waals surface area contributed by atoms with Crippen molar-refractivity contribution in [2.24, 2.45) is 50.2 Å². The molecule has 57 heavy (non-hydrogen) atoms. The average Bonchev–Trinajstić information content (AvgIpc) is 3.12. The lowest BCUT2D eigenvalue weighted by Crippen LogP contribution is -2.68. The molecule has 19 atom stereocenters. The minimum absolute atomic E-state index is 0.0498. The normalized spacial score (nSPS) is 52.9. The van der Waals surface area contributed by atoms with Crippen molar-refractivity contribution >= 4 is 11.9 Å². The van der Waals surface area contributed by atoms with Gasteiger partial charge in [-0.1, -0.05) is 60.1 Å². The number of rotatable bonds is 7. The van der Waals surface area contributed by atoms with Crippen LogP contribution in [0, 0.1) is 50.2 Å². The van der Waals surface area contributed by atoms with Gasteiger partial charge in [0.15, 0.2) is 18.7 Å². The molecule has 0 bridgehead atoms. The summed E-state index contributed by atoms with van der Waals surface area (Å²) in [6.45, 7) is 14.9. The zero-order valence-electron chi connectivity index (χ0n) is 34.3. The number of hydrogen-bond donors (Lipinski definition) is 9. The summed E-state index contributed by atoms with van der Waals surface area (Å²) in [5.41, 5.74) is -1.47. The molecule has 0 radical (unpaired) electrons. The molecule has 15 nitrogen and oxygen atoms in total. The van der Waals surface area contributed by atoms with Crippen molar-refractivity contribution in [1.29, 1.82) is 0 Å². The molecule has 0 aromatic carbocycles. The van der Waals surface area contributed by atoms with Gasteiger partial charge in [-0.3, -0.25) is 4.79 Å². The van der Waals surface area contributed by atoms with Crippen LogP contribution < -0.4 is 0 Å². The van der Waals surface area contributed by atoms with E-state index in [0.717, 1.165) is 32.1 Å². The zero-order chi connectivity index (χ0) is 42.0. The summed E-state index contributed by atoms with van der Waals surface area (Å²) in [6, 6.07) is 0. The summed E-state index contributed by atoms with van der Waals surface area (Å²) in [4.78, 5) is 25.3. The molecular weight excluding hydrogens is 744 g/mol. The summed E-state index contributed by atoms with van der Waals surface area (Å²) >= 11 is 0. The molecule has 7 aliphatic rings. The van der Waals surface area contributed by atoms with Gasteiger partial charge in [-0.15, -0.1) is 0 Å². The minimum Gasteiger partial charge on any atom is -0.481 e. The molecule has 0 aromatic heterocycles. The first-order valence-electron chi connectivity index (χ1n) is 20.9. The molecule has 324 valence electrons. The van der Waals surface area contributed by atoms with Gasteiger partial charge in [0.2, 0.25) is 0 Å². The summed E-state index contributed by atoms with van der Waals surface area (Å²) in [5.74, 6) is -2.40. The maximum Gasteiger partial charge on any atom is 0.335 e. The Morgan fingerprint density at radius 3 is 2.07 bits per heavy atom. The number of carbonyl (C=O) groups is 2. The quantitative estimate of drug-likeness (QED) is 0.132. The Balaban J connectivity index is 1.17. The number of allylic oxidation sites excluding steroid dienone is 2. The van der Waals surface area contributed by atoms with Crippen molar-refractivity contribution < 1.29 is 74.5 Å². The van der Waals surface area contributed by atoms with Crippen molar-refractivity contribution in [3.63, 3.8) is 0 Å². The predicted molar refractivity (Wildman–Crippen MR) is 200 cm³/mol. The summed E-state index contributed by atoms with van der Waals surface area (Å²) < 4.78 is 23.9. The molecule has 4 saturated carbocycles. The van der Waals surface area contributed by atoms with Crippen LogP contribution in [0.15, 0.2) is 11.6 Å². The SMILES string of the molecule is CC1(C)CC[C@]2(C(=O)O)[C@H](O)C[C@]3(C)C(=CC[C@@H]4[C@@]5(C)CC[C@H](O[C@@H]6O[C@H](C(=O)O)[C@@H](O)[C@H](O)[C@H]6O[C@@H]6O[C@H](CO)[C@H](O)[C@H](O)[C@H]6O)C(C)(C)[C@@H]5CC[C@]43C)[C@@H]2C1. The Bertz CT molecular complexity index is 1600. The van der Waals surface area contributed by atoms with E-state index < -0.39 is 108 Å². The van der Waals surface area contributed by atoms with Crippen molar-refractivity contribution in [3.8, 4) is 0 Å². The highest BCUT2D eigenvalue weighted by molar-refractivity contribution is 5.77. The second kappa shape index (κ2) is 14.4. The maximum atomic E-state index is 13.1. The zero-order valence-corrected chi connectivity index (χ0v) is 34.3. The predicted octanol–water partition coefficient (Wildman–Crippen LogP) is 1.95. The van der Waals surface area contributed by atoms with Gasteiger partial charge in [0.05, 0.1) is 18.8 Å². The first-order valence-corrected chi connectivity index (χ1v) is 20.9. The van der Waals surface area contributed by atoms with Gasteiger partial charge in [-0.2, -0.15) is 0 Å². The third-order valence-corrected chi connectivity index (χ3v) is 17.2. The van der Waals surface area contributed by atoms with Crippen LogP contribution >= 0.6 is 0 Å². The Morgan fingerprint density at radius 1 is 0.754 bits per heavy atom. The molecule has 2 saturated heterocycles. The molecule has 0 spiro atoms. The lowest BCUT2D eigenvalue weighted by atomic mass is 9.33. The number of aliphatic carboxylic acids is 2. The molecule has 0 aromatic rings. The standard InChI is InChI=1S/C42H66O15/c1-37(2)14-15-42(36(52)53)20(16-37)19-8-9-23-39(5)12-11-25(38(3,4)22(39)10-13-40(23,6)41(19,7)17-24(42)44)55-35-32(29(48)28(47)31(56-35)33(50)51)57-34-30(49)27(46)26(45)21(18-43)54-34/h8,20-32,34-35,43-49H,9-18H2,1-7H3,(H,50,51)(H,52,53)/t20-,21+,22-,23+,24+,25-,26-,27-,28-,29-,30+,31-,32+,34-,35+,39-,40+,41+,42+/m0/s1. The Labute approximate surface area is 334 Å². The third-order valence-electron chi connectivity index (χ3n) is 17.2. The van der Waals surface area contributed by atoms with Gasteiger partial charge < -0.3 is 64.9 Å². The number of aliphatic hydroxyl groups is 7. The fraction of sp³-hybridized carbons (Fsp3) is 0.905. The van der Waals surface area contributed by atoms with E-state index in [9.17, 15) is 55.5 Å². The molecular formula is C42H66O15. The number of fused-ring (bicyclic) bond motifs is 7. The van der Waals surface area contributed by atoms with Gasteiger partial charge in [0, 0.05) is 0 Å². The van der Waals surface area contributed by atoms with Crippen LogP contribution in [0.4, 0.5) is 0 Å². The van der Waals surface area contributed by atoms with Gasteiger partial charge in [0.1, 0.15) is 48.1 Å². The molecule has 5 aliphatic carbocycles. The maximum absolute atomic E-state index is 13.1. The van der Waals surface area contributed by atoms with E-state index in [4.69, 9.17) is 18.9 Å². The highest BCUT2D eigenvalue weighted by Gasteiger charge is 2.71. The Hall–Kier alpha value is -1.76. The van der Waals surface area contributed by atoms with E-state index >= 15 is 0 Å². The van der Waals surface area contributed by atoms with Crippen molar-refractivity contribution in [1.82, 2.24) is 0 Å². The fourth-order valence-electron chi connectivity index (χ4n) is 13.7. The van der Waals surface area contributed by atoms with Crippen LogP contribution in [-0.2, 0) is 28.5 Å². The van der Waals surface area contributed by atoms with Gasteiger partial charge in [-0.25, -0.2) is 4.79 Å². The van der Waals surface area contributed by atoms with Crippen LogP contribution in [0.25, 0.3) is 0 Å². The fourth-order valence-corrected chi connectivity index (χ4v) is 13.7. The second-order valence-corrected chi connectivity index (χ2v) is 20.8. The van der Waals surface area contributed by atoms with Crippen LogP contribution in [0.2, 0.25) is 0 Å². The Kier molecular flexibility index (Phi) is 11.0. The van der Waals surface area contributed by atoms with Gasteiger partial charge in [-0.05, 0) is 103 Å². The van der Waals surface area contributed by atoms with Crippen molar-refractivity contribution in [2.45, 2.75) is 180 Å². The molecule has 2 aliphatic heterocycles. The Morgan fingerprint density at radius 2 is 1.44 bits per heavy atom. The van der Waals surface area contributed by atoms with Gasteiger partial charge >= 0.3 is 11.9 Å². The number of ether oxygens (including phenoxy) is 4. The van der Waals surface area contributed by atoms with Crippen LogP contribution in [0.3, 0.4) is 0 Å². The number of hydrogen-bond acceptors (Lipinski definition) is 13. The van der Waals surface area contributed by atoms with Crippen LogP contribution in [-0.4, -0.2) is 138 Å². The molecule has 6 fully saturated rings. The summed E-state index contributed by atoms with van der Waals surface area (Å²) in [7, 11) is 0. The molecule has 9 N–H and O–H groups in total. The third kappa shape index (κ3) is 6.30. The molecule has 0 unspecified atom stereocenters. The topological polar surface area (TPSA) is 253 Å². The van der Waals surface area contributed by atoms with Crippen LogP contribution in [0.5, 0.6) is 0 Å². The van der Waals surface area contributed by atoms with Crippen LogP contribution in [0.1, 0.15) is 106 Å². The van der Waals surface area contributed by atoms with Crippen molar-refractivity contribution in [2.75, 3.05) is 6.61 Å². The highest BCUT2D eigenvalue weighted by Crippen LogP contribution is 2.76. The van der Waals surface area contributed by atoms with E-state index in [1.807, 2.05) is 0 Å². The molecule has 2 heterocycles. The van der Waals surface area contributed by atoms with E-state index in [1.54, 1.807) is 0 Å². The molecule has 0 amide bonds. The summed E-state index contributed by atoms with van der Waals surface area (Å²) in [5, 5.41) is 95.8. The average molecular weight is 811 g/mol. The van der Waals surface area contributed by atoms with E-state index in [2.05, 4.69) is 54.5 Å². The monoisotopic (exact) mass is 810 g/mol. The van der Waals surface area contributed by atoms with E-state index in [1.165, 1.54) is 5.57 Å². The minimum atomic E-state index is -1.96.